The van der Waals surface area contributed by atoms with Crippen LogP contribution in [-0.2, 0) is 5.75 Å². The molecule has 0 N–H and O–H groups in total. The largest absolute Gasteiger partial charge is 0.422 e. The monoisotopic (exact) mass is 363 g/mol. The van der Waals surface area contributed by atoms with Crippen molar-refractivity contribution in [3.05, 3.63) is 70.6 Å². The van der Waals surface area contributed by atoms with E-state index in [0.29, 0.717) is 5.56 Å². The Kier molecular flexibility index (Phi) is 4.60. The van der Waals surface area contributed by atoms with Gasteiger partial charge in [0, 0.05) is 34.9 Å². The number of fused-ring (bicyclic) bond motifs is 3. The highest BCUT2D eigenvalue weighted by molar-refractivity contribution is 7.98. The average Bonchev–Trinajstić information content (AvgIpc) is 2.69. The standard InChI is InChI=1S/C22H21NO2S/c1-3-23(4-2)20-17-14-26-18-13-9-8-12-16(18)21(17)25-22(24)19(20)15-10-6-5-7-11-15/h5-13H,3-4,14H2,1-2H3. The summed E-state index contributed by atoms with van der Waals surface area (Å²) < 4.78 is 5.90. The van der Waals surface area contributed by atoms with Crippen LogP contribution in [0.25, 0.3) is 22.5 Å². The lowest BCUT2D eigenvalue weighted by Crippen LogP contribution is -2.27. The molecule has 1 aromatic heterocycles. The van der Waals surface area contributed by atoms with Crippen LogP contribution in [0, 0.1) is 0 Å². The molecule has 0 saturated heterocycles. The quantitative estimate of drug-likeness (QED) is 0.619. The fourth-order valence-electron chi connectivity index (χ4n) is 3.59. The smallest absolute Gasteiger partial charge is 0.346 e. The molecule has 1 aliphatic rings. The second-order valence-corrected chi connectivity index (χ2v) is 7.26. The molecule has 0 atom stereocenters. The second kappa shape index (κ2) is 7.04. The van der Waals surface area contributed by atoms with Crippen molar-refractivity contribution < 1.29 is 4.42 Å². The van der Waals surface area contributed by atoms with Gasteiger partial charge in [0.2, 0.25) is 0 Å². The molecule has 4 heteroatoms. The number of thioether (sulfide) groups is 1. The predicted octanol–water partition coefficient (Wildman–Crippen LogP) is 5.43. The Morgan fingerprint density at radius 2 is 1.69 bits per heavy atom. The van der Waals surface area contributed by atoms with Gasteiger partial charge in [0.25, 0.3) is 0 Å². The Bertz CT molecular complexity index is 991. The van der Waals surface area contributed by atoms with E-state index in [4.69, 9.17) is 4.42 Å². The van der Waals surface area contributed by atoms with Gasteiger partial charge in [-0.05, 0) is 25.5 Å². The van der Waals surface area contributed by atoms with Crippen molar-refractivity contribution in [1.29, 1.82) is 0 Å². The fraction of sp³-hybridized carbons (Fsp3) is 0.227. The second-order valence-electron chi connectivity index (χ2n) is 6.24. The molecule has 0 aliphatic carbocycles. The van der Waals surface area contributed by atoms with Gasteiger partial charge in [-0.3, -0.25) is 0 Å². The van der Waals surface area contributed by atoms with Crippen LogP contribution in [0.4, 0.5) is 5.69 Å². The van der Waals surface area contributed by atoms with Crippen LogP contribution in [0.1, 0.15) is 19.4 Å². The van der Waals surface area contributed by atoms with E-state index in [0.717, 1.165) is 47.0 Å². The maximum Gasteiger partial charge on any atom is 0.346 e. The lowest BCUT2D eigenvalue weighted by molar-refractivity contribution is 0.522. The van der Waals surface area contributed by atoms with E-state index in [9.17, 15) is 4.79 Å². The lowest BCUT2D eigenvalue weighted by Gasteiger charge is -2.29. The molecule has 26 heavy (non-hydrogen) atoms. The zero-order valence-electron chi connectivity index (χ0n) is 15.0. The average molecular weight is 363 g/mol. The third-order valence-corrected chi connectivity index (χ3v) is 5.94. The van der Waals surface area contributed by atoms with E-state index >= 15 is 0 Å². The highest BCUT2D eigenvalue weighted by atomic mass is 32.2. The summed E-state index contributed by atoms with van der Waals surface area (Å²) in [6, 6.07) is 18.0. The van der Waals surface area contributed by atoms with E-state index in [1.54, 1.807) is 11.8 Å². The van der Waals surface area contributed by atoms with Gasteiger partial charge in [0.1, 0.15) is 5.76 Å². The highest BCUT2D eigenvalue weighted by Gasteiger charge is 2.28. The van der Waals surface area contributed by atoms with Gasteiger partial charge in [-0.15, -0.1) is 11.8 Å². The molecule has 132 valence electrons. The van der Waals surface area contributed by atoms with Gasteiger partial charge in [-0.25, -0.2) is 4.79 Å². The summed E-state index contributed by atoms with van der Waals surface area (Å²) in [6.07, 6.45) is 0. The van der Waals surface area contributed by atoms with Crippen LogP contribution >= 0.6 is 11.8 Å². The Labute approximate surface area is 157 Å². The SMILES string of the molecule is CCN(CC)c1c2c(oc(=O)c1-c1ccccc1)-c1ccccc1SC2. The van der Waals surface area contributed by atoms with E-state index in [-0.39, 0.29) is 5.63 Å². The third-order valence-electron chi connectivity index (χ3n) is 4.84. The summed E-state index contributed by atoms with van der Waals surface area (Å²) in [6.45, 7) is 5.95. The predicted molar refractivity (Wildman–Crippen MR) is 109 cm³/mol. The van der Waals surface area contributed by atoms with Gasteiger partial charge in [-0.2, -0.15) is 0 Å². The number of rotatable bonds is 4. The normalized spacial score (nSPS) is 12.4. The minimum Gasteiger partial charge on any atom is -0.422 e. The molecule has 0 saturated carbocycles. The zero-order valence-corrected chi connectivity index (χ0v) is 15.8. The first-order chi connectivity index (χ1) is 12.7. The van der Waals surface area contributed by atoms with Gasteiger partial charge in [0.05, 0.1) is 11.3 Å². The van der Waals surface area contributed by atoms with Crippen molar-refractivity contribution in [1.82, 2.24) is 0 Å². The third kappa shape index (κ3) is 2.74. The molecule has 0 fully saturated rings. The Morgan fingerprint density at radius 3 is 2.42 bits per heavy atom. The minimum atomic E-state index is -0.265. The number of anilines is 1. The Balaban J connectivity index is 2.06. The first kappa shape index (κ1) is 17.0. The van der Waals surface area contributed by atoms with Crippen LogP contribution in [0.15, 0.2) is 68.7 Å². The summed E-state index contributed by atoms with van der Waals surface area (Å²) in [5.41, 5.74) is 4.48. The van der Waals surface area contributed by atoms with Gasteiger partial charge >= 0.3 is 5.63 Å². The molecule has 1 aliphatic heterocycles. The number of nitrogens with zero attached hydrogens (tertiary/aromatic N) is 1. The highest BCUT2D eigenvalue weighted by Crippen LogP contribution is 2.46. The Morgan fingerprint density at radius 1 is 1.00 bits per heavy atom. The summed E-state index contributed by atoms with van der Waals surface area (Å²) in [4.78, 5) is 16.5. The molecular weight excluding hydrogens is 342 g/mol. The van der Waals surface area contributed by atoms with E-state index in [1.807, 2.05) is 48.5 Å². The molecule has 2 aromatic carbocycles. The van der Waals surface area contributed by atoms with Crippen molar-refractivity contribution in [2.24, 2.45) is 0 Å². The molecule has 2 heterocycles. The summed E-state index contributed by atoms with van der Waals surface area (Å²) >= 11 is 1.80. The fourth-order valence-corrected chi connectivity index (χ4v) is 4.65. The molecular formula is C22H21NO2S. The van der Waals surface area contributed by atoms with E-state index < -0.39 is 0 Å². The van der Waals surface area contributed by atoms with Crippen LogP contribution in [-0.4, -0.2) is 13.1 Å². The summed E-state index contributed by atoms with van der Waals surface area (Å²) in [7, 11) is 0. The van der Waals surface area contributed by atoms with Crippen LogP contribution in [0.3, 0.4) is 0 Å². The zero-order chi connectivity index (χ0) is 18.1. The minimum absolute atomic E-state index is 0.265. The Hall–Kier alpha value is -2.46. The van der Waals surface area contributed by atoms with Crippen molar-refractivity contribution in [2.45, 2.75) is 24.5 Å². The van der Waals surface area contributed by atoms with Crippen LogP contribution in [0.2, 0.25) is 0 Å². The first-order valence-corrected chi connectivity index (χ1v) is 9.95. The van der Waals surface area contributed by atoms with Crippen molar-refractivity contribution >= 4 is 17.4 Å². The van der Waals surface area contributed by atoms with Crippen molar-refractivity contribution in [3.63, 3.8) is 0 Å². The van der Waals surface area contributed by atoms with Gasteiger partial charge in [0.15, 0.2) is 0 Å². The molecule has 0 radical (unpaired) electrons. The van der Waals surface area contributed by atoms with Crippen molar-refractivity contribution in [3.8, 4) is 22.5 Å². The van der Waals surface area contributed by atoms with Crippen LogP contribution in [0.5, 0.6) is 0 Å². The molecule has 0 bridgehead atoms. The molecule has 0 spiro atoms. The van der Waals surface area contributed by atoms with Gasteiger partial charge in [-0.1, -0.05) is 48.5 Å². The number of hydrogen-bond donors (Lipinski definition) is 0. The van der Waals surface area contributed by atoms with Gasteiger partial charge < -0.3 is 9.32 Å². The first-order valence-electron chi connectivity index (χ1n) is 8.97. The molecule has 0 unspecified atom stereocenters. The summed E-state index contributed by atoms with van der Waals surface area (Å²) in [5.74, 6) is 1.54. The molecule has 3 aromatic rings. The number of hydrogen-bond acceptors (Lipinski definition) is 4. The topological polar surface area (TPSA) is 33.5 Å². The van der Waals surface area contributed by atoms with E-state index in [2.05, 4.69) is 24.8 Å². The van der Waals surface area contributed by atoms with E-state index in [1.165, 1.54) is 4.90 Å². The number of benzene rings is 2. The van der Waals surface area contributed by atoms with Crippen LogP contribution < -0.4 is 10.5 Å². The molecule has 3 nitrogen and oxygen atoms in total. The summed E-state index contributed by atoms with van der Waals surface area (Å²) in [5, 5.41) is 0. The maximum absolute atomic E-state index is 13.1. The molecule has 4 rings (SSSR count). The maximum atomic E-state index is 13.1. The van der Waals surface area contributed by atoms with Crippen molar-refractivity contribution in [2.75, 3.05) is 18.0 Å². The lowest BCUT2D eigenvalue weighted by atomic mass is 9.98. The molecule has 0 amide bonds.